The first-order valence-corrected chi connectivity index (χ1v) is 10.7. The molecule has 4 rings (SSSR count). The van der Waals surface area contributed by atoms with Gasteiger partial charge in [-0.25, -0.2) is 0 Å². The molecule has 4 aromatic rings. The van der Waals surface area contributed by atoms with Crippen molar-refractivity contribution in [3.05, 3.63) is 102 Å². The number of hydrogen-bond acceptors (Lipinski definition) is 4. The lowest BCUT2D eigenvalue weighted by Crippen LogP contribution is -2.26. The number of amides is 1. The SMILES string of the molecule is CCOc1cc(C(=O)NC(C)c2cccc3ccccc23)ccc1OCc1cccnc1. The molecule has 5 heteroatoms. The van der Waals surface area contributed by atoms with Crippen molar-refractivity contribution < 1.29 is 14.3 Å². The van der Waals surface area contributed by atoms with Gasteiger partial charge in [0.05, 0.1) is 12.6 Å². The lowest BCUT2D eigenvalue weighted by Gasteiger charge is -2.18. The molecule has 0 aliphatic carbocycles. The summed E-state index contributed by atoms with van der Waals surface area (Å²) in [6, 6.07) is 23.3. The maximum Gasteiger partial charge on any atom is 0.251 e. The Morgan fingerprint density at radius 1 is 0.969 bits per heavy atom. The predicted octanol–water partition coefficient (Wildman–Crippen LogP) is 5.70. The summed E-state index contributed by atoms with van der Waals surface area (Å²) in [5.74, 6) is 0.974. The Balaban J connectivity index is 1.50. The first-order chi connectivity index (χ1) is 15.7. The fourth-order valence-corrected chi connectivity index (χ4v) is 3.67. The highest BCUT2D eigenvalue weighted by molar-refractivity contribution is 5.95. The molecule has 0 radical (unpaired) electrons. The summed E-state index contributed by atoms with van der Waals surface area (Å²) in [7, 11) is 0. The van der Waals surface area contributed by atoms with Crippen LogP contribution in [0.5, 0.6) is 11.5 Å². The molecule has 0 bridgehead atoms. The van der Waals surface area contributed by atoms with Crippen molar-refractivity contribution in [2.24, 2.45) is 0 Å². The first kappa shape index (κ1) is 21.4. The summed E-state index contributed by atoms with van der Waals surface area (Å²) in [4.78, 5) is 17.1. The molecular formula is C27H26N2O3. The average Bonchev–Trinajstić information content (AvgIpc) is 2.83. The zero-order chi connectivity index (χ0) is 22.3. The van der Waals surface area contributed by atoms with E-state index in [1.165, 1.54) is 0 Å². The van der Waals surface area contributed by atoms with Gasteiger partial charge >= 0.3 is 0 Å². The number of hydrogen-bond donors (Lipinski definition) is 1. The second-order valence-corrected chi connectivity index (χ2v) is 7.51. The van der Waals surface area contributed by atoms with E-state index in [0.717, 1.165) is 21.9 Å². The summed E-state index contributed by atoms with van der Waals surface area (Å²) in [5.41, 5.74) is 2.56. The van der Waals surface area contributed by atoms with Crippen LogP contribution in [0.3, 0.4) is 0 Å². The van der Waals surface area contributed by atoms with E-state index in [2.05, 4.69) is 28.5 Å². The fraction of sp³-hybridized carbons (Fsp3) is 0.185. The highest BCUT2D eigenvalue weighted by Crippen LogP contribution is 2.30. The largest absolute Gasteiger partial charge is 0.490 e. The molecule has 0 spiro atoms. The molecule has 0 aliphatic heterocycles. The van der Waals surface area contributed by atoms with Gasteiger partial charge in [-0.05, 0) is 54.4 Å². The van der Waals surface area contributed by atoms with Gasteiger partial charge in [-0.3, -0.25) is 9.78 Å². The molecule has 0 saturated heterocycles. The summed E-state index contributed by atoms with van der Waals surface area (Å²) < 4.78 is 11.7. The van der Waals surface area contributed by atoms with Crippen LogP contribution in [0.15, 0.2) is 85.2 Å². The van der Waals surface area contributed by atoms with Gasteiger partial charge in [0.2, 0.25) is 0 Å². The van der Waals surface area contributed by atoms with Crippen LogP contribution in [0.1, 0.15) is 41.4 Å². The number of aromatic nitrogens is 1. The summed E-state index contributed by atoms with van der Waals surface area (Å²) in [6.07, 6.45) is 3.48. The van der Waals surface area contributed by atoms with E-state index in [0.29, 0.717) is 30.3 Å². The van der Waals surface area contributed by atoms with E-state index in [1.807, 2.05) is 50.2 Å². The van der Waals surface area contributed by atoms with Crippen molar-refractivity contribution in [1.29, 1.82) is 0 Å². The Kier molecular flexibility index (Phi) is 6.66. The molecule has 0 aliphatic rings. The summed E-state index contributed by atoms with van der Waals surface area (Å²) in [5, 5.41) is 5.40. The van der Waals surface area contributed by atoms with E-state index in [1.54, 1.807) is 30.6 Å². The normalized spacial score (nSPS) is 11.7. The fourth-order valence-electron chi connectivity index (χ4n) is 3.67. The molecule has 1 N–H and O–H groups in total. The standard InChI is InChI=1S/C27H26N2O3/c1-3-31-26-16-22(13-14-25(26)32-18-20-8-7-15-28-17-20)27(30)29-19(2)23-12-6-10-21-9-4-5-11-24(21)23/h4-17,19H,3,18H2,1-2H3,(H,29,30). The van der Waals surface area contributed by atoms with Crippen LogP contribution in [0.2, 0.25) is 0 Å². The zero-order valence-electron chi connectivity index (χ0n) is 18.2. The molecular weight excluding hydrogens is 400 g/mol. The number of ether oxygens (including phenoxy) is 2. The van der Waals surface area contributed by atoms with Crippen LogP contribution < -0.4 is 14.8 Å². The van der Waals surface area contributed by atoms with Gasteiger partial charge in [-0.15, -0.1) is 0 Å². The number of pyridine rings is 1. The van der Waals surface area contributed by atoms with Crippen molar-refractivity contribution >= 4 is 16.7 Å². The van der Waals surface area contributed by atoms with Gasteiger partial charge in [-0.1, -0.05) is 48.5 Å². The predicted molar refractivity (Wildman–Crippen MR) is 126 cm³/mol. The maximum atomic E-state index is 13.0. The molecule has 162 valence electrons. The van der Waals surface area contributed by atoms with Gasteiger partial charge < -0.3 is 14.8 Å². The molecule has 1 heterocycles. The van der Waals surface area contributed by atoms with Crippen molar-refractivity contribution in [3.8, 4) is 11.5 Å². The number of carbonyl (C=O) groups is 1. The highest BCUT2D eigenvalue weighted by Gasteiger charge is 2.16. The van der Waals surface area contributed by atoms with Crippen LogP contribution in [0, 0.1) is 0 Å². The number of carbonyl (C=O) groups excluding carboxylic acids is 1. The van der Waals surface area contributed by atoms with Crippen molar-refractivity contribution in [2.45, 2.75) is 26.5 Å². The van der Waals surface area contributed by atoms with Crippen molar-refractivity contribution in [2.75, 3.05) is 6.61 Å². The van der Waals surface area contributed by atoms with Crippen LogP contribution >= 0.6 is 0 Å². The van der Waals surface area contributed by atoms with E-state index in [-0.39, 0.29) is 11.9 Å². The minimum Gasteiger partial charge on any atom is -0.490 e. The van der Waals surface area contributed by atoms with Crippen molar-refractivity contribution in [3.63, 3.8) is 0 Å². The monoisotopic (exact) mass is 426 g/mol. The maximum absolute atomic E-state index is 13.0. The molecule has 0 saturated carbocycles. The molecule has 3 aromatic carbocycles. The third-order valence-corrected chi connectivity index (χ3v) is 5.26. The molecule has 1 amide bonds. The molecule has 1 atom stereocenters. The van der Waals surface area contributed by atoms with Crippen LogP contribution in [0.25, 0.3) is 10.8 Å². The van der Waals surface area contributed by atoms with Crippen LogP contribution in [-0.4, -0.2) is 17.5 Å². The van der Waals surface area contributed by atoms with Gasteiger partial charge in [0, 0.05) is 23.5 Å². The third kappa shape index (κ3) is 4.89. The van der Waals surface area contributed by atoms with E-state index >= 15 is 0 Å². The Bertz CT molecular complexity index is 1200. The zero-order valence-corrected chi connectivity index (χ0v) is 18.2. The molecule has 32 heavy (non-hydrogen) atoms. The smallest absolute Gasteiger partial charge is 0.251 e. The number of rotatable bonds is 8. The quantitative estimate of drug-likeness (QED) is 0.392. The van der Waals surface area contributed by atoms with Crippen molar-refractivity contribution in [1.82, 2.24) is 10.3 Å². The number of benzene rings is 3. The van der Waals surface area contributed by atoms with Gasteiger partial charge in [0.15, 0.2) is 11.5 Å². The molecule has 5 nitrogen and oxygen atoms in total. The van der Waals surface area contributed by atoms with Gasteiger partial charge in [0.1, 0.15) is 6.61 Å². The molecule has 1 unspecified atom stereocenters. The van der Waals surface area contributed by atoms with E-state index in [9.17, 15) is 4.79 Å². The Hall–Kier alpha value is -3.86. The third-order valence-electron chi connectivity index (χ3n) is 5.26. The Morgan fingerprint density at radius 3 is 2.62 bits per heavy atom. The average molecular weight is 427 g/mol. The lowest BCUT2D eigenvalue weighted by molar-refractivity contribution is 0.0939. The first-order valence-electron chi connectivity index (χ1n) is 10.7. The summed E-state index contributed by atoms with van der Waals surface area (Å²) in [6.45, 7) is 4.74. The lowest BCUT2D eigenvalue weighted by atomic mass is 9.99. The summed E-state index contributed by atoms with van der Waals surface area (Å²) >= 11 is 0. The minimum atomic E-state index is -0.162. The van der Waals surface area contributed by atoms with Gasteiger partial charge in [-0.2, -0.15) is 0 Å². The topological polar surface area (TPSA) is 60.5 Å². The van der Waals surface area contributed by atoms with Crippen LogP contribution in [-0.2, 0) is 6.61 Å². The Morgan fingerprint density at radius 2 is 1.81 bits per heavy atom. The highest BCUT2D eigenvalue weighted by atomic mass is 16.5. The minimum absolute atomic E-state index is 0.148. The number of fused-ring (bicyclic) bond motifs is 1. The Labute approximate surface area is 188 Å². The van der Waals surface area contributed by atoms with E-state index in [4.69, 9.17) is 9.47 Å². The van der Waals surface area contributed by atoms with E-state index < -0.39 is 0 Å². The van der Waals surface area contributed by atoms with Gasteiger partial charge in [0.25, 0.3) is 5.91 Å². The van der Waals surface area contributed by atoms with Crippen LogP contribution in [0.4, 0.5) is 0 Å². The molecule has 0 fully saturated rings. The second-order valence-electron chi connectivity index (χ2n) is 7.51. The number of nitrogens with zero attached hydrogens (tertiary/aromatic N) is 1. The number of nitrogens with one attached hydrogen (secondary N) is 1. The second kappa shape index (κ2) is 9.96. The molecule has 1 aromatic heterocycles.